The molecule has 0 amide bonds. The van der Waals surface area contributed by atoms with Crippen molar-refractivity contribution in [1.82, 2.24) is 9.97 Å². The smallest absolute Gasteiger partial charge is 0.144 e. The number of halogens is 2. The van der Waals surface area contributed by atoms with Crippen LogP contribution in [0.1, 0.15) is 26.3 Å². The Hall–Kier alpha value is -2.02. The molecular formula is C20H19ClFN3OS. The summed E-state index contributed by atoms with van der Waals surface area (Å²) in [5.74, 6) is -0.439. The van der Waals surface area contributed by atoms with E-state index in [0.717, 1.165) is 11.1 Å². The Morgan fingerprint density at radius 3 is 2.70 bits per heavy atom. The average Bonchev–Trinajstić information content (AvgIpc) is 2.61. The van der Waals surface area contributed by atoms with Gasteiger partial charge in [0, 0.05) is 29.8 Å². The van der Waals surface area contributed by atoms with Crippen LogP contribution in [0.3, 0.4) is 0 Å². The molecule has 0 spiro atoms. The molecule has 0 saturated heterocycles. The Morgan fingerprint density at radius 2 is 2.04 bits per heavy atom. The van der Waals surface area contributed by atoms with E-state index in [2.05, 4.69) is 14.4 Å². The van der Waals surface area contributed by atoms with Gasteiger partial charge < -0.3 is 4.55 Å². The standard InChI is InChI=1S/C20H19ClFN3OS/c1-20(2,3)27(26)25-9-7-13-12-24-19-15(10-14(22)11-16(19)21)18(13)17-6-4-5-8-23-17/h4-6,8-12H,7H2,1-3H3/b25-9+. The molecule has 0 N–H and O–H groups in total. The van der Waals surface area contributed by atoms with Crippen molar-refractivity contribution in [2.24, 2.45) is 4.40 Å². The molecule has 0 fully saturated rings. The monoisotopic (exact) mass is 403 g/mol. The van der Waals surface area contributed by atoms with E-state index in [9.17, 15) is 8.94 Å². The molecule has 1 aromatic carbocycles. The number of rotatable bonds is 4. The molecular weight excluding hydrogens is 385 g/mol. The van der Waals surface area contributed by atoms with E-state index < -0.39 is 21.9 Å². The lowest BCUT2D eigenvalue weighted by molar-refractivity contribution is 0.561. The molecule has 1 atom stereocenters. The normalized spacial score (nSPS) is 13.4. The van der Waals surface area contributed by atoms with Gasteiger partial charge in [-0.2, -0.15) is 0 Å². The van der Waals surface area contributed by atoms with Crippen LogP contribution in [0.2, 0.25) is 5.02 Å². The first-order valence-corrected chi connectivity index (χ1v) is 9.88. The molecule has 4 nitrogen and oxygen atoms in total. The van der Waals surface area contributed by atoms with Crippen molar-refractivity contribution in [2.45, 2.75) is 31.9 Å². The molecule has 0 saturated carbocycles. The molecule has 0 aliphatic heterocycles. The summed E-state index contributed by atoms with van der Waals surface area (Å²) in [5.41, 5.74) is 2.75. The summed E-state index contributed by atoms with van der Waals surface area (Å²) in [6.45, 7) is 5.59. The van der Waals surface area contributed by atoms with Crippen molar-refractivity contribution in [3.63, 3.8) is 0 Å². The van der Waals surface area contributed by atoms with Crippen molar-refractivity contribution in [3.05, 3.63) is 59.1 Å². The molecule has 27 heavy (non-hydrogen) atoms. The van der Waals surface area contributed by atoms with Gasteiger partial charge in [-0.15, -0.1) is 0 Å². The molecule has 140 valence electrons. The zero-order chi connectivity index (χ0) is 19.6. The molecule has 3 rings (SSSR count). The van der Waals surface area contributed by atoms with Crippen LogP contribution in [-0.2, 0) is 17.8 Å². The van der Waals surface area contributed by atoms with Crippen molar-refractivity contribution >= 4 is 40.1 Å². The fourth-order valence-corrected chi connectivity index (χ4v) is 3.38. The van der Waals surface area contributed by atoms with Crippen LogP contribution in [0, 0.1) is 5.82 Å². The quantitative estimate of drug-likeness (QED) is 0.446. The highest BCUT2D eigenvalue weighted by Crippen LogP contribution is 2.33. The zero-order valence-corrected chi connectivity index (χ0v) is 16.8. The number of benzene rings is 1. The summed E-state index contributed by atoms with van der Waals surface area (Å²) in [4.78, 5) is 8.79. The highest BCUT2D eigenvalue weighted by Gasteiger charge is 2.25. The lowest BCUT2D eigenvalue weighted by atomic mass is 9.98. The van der Waals surface area contributed by atoms with Crippen molar-refractivity contribution < 1.29 is 8.94 Å². The van der Waals surface area contributed by atoms with Gasteiger partial charge in [0.15, 0.2) is 0 Å². The van der Waals surface area contributed by atoms with Gasteiger partial charge in [0.25, 0.3) is 0 Å². The SMILES string of the molecule is CC(C)(C)[S+]([O-])/N=C/Cc1cnc2c(Cl)cc(F)cc2c1-c1ccccn1. The second kappa shape index (κ2) is 7.92. The molecule has 1 unspecified atom stereocenters. The van der Waals surface area contributed by atoms with E-state index in [1.54, 1.807) is 18.6 Å². The van der Waals surface area contributed by atoms with Crippen molar-refractivity contribution in [1.29, 1.82) is 0 Å². The molecule has 0 bridgehead atoms. The third-order valence-corrected chi connectivity index (χ3v) is 5.57. The lowest BCUT2D eigenvalue weighted by Crippen LogP contribution is -2.25. The maximum Gasteiger partial charge on any atom is 0.144 e. The highest BCUT2D eigenvalue weighted by molar-refractivity contribution is 7.91. The summed E-state index contributed by atoms with van der Waals surface area (Å²) >= 11 is 4.84. The van der Waals surface area contributed by atoms with Crippen LogP contribution in [0.5, 0.6) is 0 Å². The van der Waals surface area contributed by atoms with Crippen LogP contribution < -0.4 is 0 Å². The first-order valence-electron chi connectivity index (χ1n) is 8.40. The summed E-state index contributed by atoms with van der Waals surface area (Å²) in [7, 11) is 0. The zero-order valence-electron chi connectivity index (χ0n) is 15.2. The van der Waals surface area contributed by atoms with Gasteiger partial charge in [-0.3, -0.25) is 9.97 Å². The number of aromatic nitrogens is 2. The Morgan fingerprint density at radius 1 is 1.26 bits per heavy atom. The van der Waals surface area contributed by atoms with Gasteiger partial charge in [-0.1, -0.05) is 22.1 Å². The summed E-state index contributed by atoms with van der Waals surface area (Å²) in [5, 5.41) is 0.831. The summed E-state index contributed by atoms with van der Waals surface area (Å²) in [6, 6.07) is 8.18. The van der Waals surface area contributed by atoms with Crippen molar-refractivity contribution in [3.8, 4) is 11.3 Å². The second-order valence-electron chi connectivity index (χ2n) is 7.01. The largest absolute Gasteiger partial charge is 0.591 e. The van der Waals surface area contributed by atoms with Gasteiger partial charge in [0.05, 0.1) is 22.4 Å². The Labute approximate surface area is 165 Å². The molecule has 7 heteroatoms. The Bertz CT molecular complexity index is 990. The number of hydrogen-bond donors (Lipinski definition) is 0. The summed E-state index contributed by atoms with van der Waals surface area (Å²) < 4.78 is 29.9. The molecule has 0 aliphatic rings. The average molecular weight is 404 g/mol. The predicted octanol–water partition coefficient (Wildman–Crippen LogP) is 5.16. The van der Waals surface area contributed by atoms with E-state index in [1.165, 1.54) is 12.1 Å². The van der Waals surface area contributed by atoms with Crippen LogP contribution in [0.25, 0.3) is 22.2 Å². The minimum atomic E-state index is -1.34. The lowest BCUT2D eigenvalue weighted by Gasteiger charge is -2.17. The Balaban J connectivity index is 2.11. The van der Waals surface area contributed by atoms with E-state index in [4.69, 9.17) is 11.6 Å². The maximum atomic E-state index is 14.0. The molecule has 3 aromatic rings. The van der Waals surface area contributed by atoms with Crippen LogP contribution in [-0.4, -0.2) is 25.5 Å². The molecule has 2 aromatic heterocycles. The molecule has 0 radical (unpaired) electrons. The van der Waals surface area contributed by atoms with E-state index in [-0.39, 0.29) is 5.02 Å². The van der Waals surface area contributed by atoms with Gasteiger partial charge in [0.2, 0.25) is 0 Å². The molecule has 2 heterocycles. The molecule has 0 aliphatic carbocycles. The minimum absolute atomic E-state index is 0.247. The summed E-state index contributed by atoms with van der Waals surface area (Å²) in [6.07, 6.45) is 5.36. The first kappa shape index (κ1) is 19.7. The fourth-order valence-electron chi connectivity index (χ4n) is 2.60. The predicted molar refractivity (Wildman–Crippen MR) is 110 cm³/mol. The fraction of sp³-hybridized carbons (Fsp3) is 0.250. The van der Waals surface area contributed by atoms with Crippen LogP contribution in [0.4, 0.5) is 4.39 Å². The van der Waals surface area contributed by atoms with Crippen molar-refractivity contribution in [2.75, 3.05) is 0 Å². The number of fused-ring (bicyclic) bond motifs is 1. The van der Waals surface area contributed by atoms with Gasteiger partial charge >= 0.3 is 0 Å². The maximum absolute atomic E-state index is 14.0. The van der Waals surface area contributed by atoms with E-state index in [1.807, 2.05) is 39.0 Å². The second-order valence-corrected chi connectivity index (χ2v) is 9.35. The highest BCUT2D eigenvalue weighted by atomic mass is 35.5. The third-order valence-electron chi connectivity index (χ3n) is 3.89. The van der Waals surface area contributed by atoms with Crippen LogP contribution >= 0.6 is 11.6 Å². The minimum Gasteiger partial charge on any atom is -0.591 e. The topological polar surface area (TPSA) is 61.2 Å². The van der Waals surface area contributed by atoms with Gasteiger partial charge in [-0.25, -0.2) is 4.39 Å². The van der Waals surface area contributed by atoms with Gasteiger partial charge in [0.1, 0.15) is 21.9 Å². The number of pyridine rings is 2. The third kappa shape index (κ3) is 4.46. The number of nitrogens with zero attached hydrogens (tertiary/aromatic N) is 3. The first-order chi connectivity index (χ1) is 12.8. The van der Waals surface area contributed by atoms with E-state index >= 15 is 0 Å². The van der Waals surface area contributed by atoms with E-state index in [0.29, 0.717) is 23.0 Å². The van der Waals surface area contributed by atoms with Crippen LogP contribution in [0.15, 0.2) is 47.1 Å². The number of hydrogen-bond acceptors (Lipinski definition) is 4. The van der Waals surface area contributed by atoms with Gasteiger partial charge in [-0.05, 0) is 50.6 Å². The Kier molecular flexibility index (Phi) is 5.79.